The molecule has 0 saturated carbocycles. The van der Waals surface area contributed by atoms with Gasteiger partial charge in [0, 0.05) is 17.4 Å². The van der Waals surface area contributed by atoms with Crippen LogP contribution >= 0.6 is 11.8 Å². The van der Waals surface area contributed by atoms with E-state index in [0.29, 0.717) is 28.5 Å². The smallest absolute Gasteiger partial charge is 0.277 e. The average molecular weight is 541 g/mol. The van der Waals surface area contributed by atoms with Gasteiger partial charge in [-0.3, -0.25) is 4.79 Å². The van der Waals surface area contributed by atoms with Crippen LogP contribution in [0.25, 0.3) is 28.4 Å². The molecule has 0 aliphatic rings. The van der Waals surface area contributed by atoms with Gasteiger partial charge in [0.15, 0.2) is 0 Å². The number of thioether (sulfide) groups is 1. The molecule has 0 aliphatic carbocycles. The van der Waals surface area contributed by atoms with Crippen molar-refractivity contribution in [2.24, 2.45) is 5.16 Å². The molecule has 3 aromatic carbocycles. The number of anilines is 1. The Morgan fingerprint density at radius 1 is 1.05 bits per heavy atom. The quantitative estimate of drug-likeness (QED) is 0.108. The van der Waals surface area contributed by atoms with Gasteiger partial charge in [0.05, 0.1) is 29.8 Å². The van der Waals surface area contributed by atoms with Crippen LogP contribution in [0.2, 0.25) is 0 Å². The topological polar surface area (TPSA) is 128 Å². The second-order valence-electron chi connectivity index (χ2n) is 8.37. The molecule has 0 unspecified atom stereocenters. The zero-order chi connectivity index (χ0) is 27.2. The van der Waals surface area contributed by atoms with E-state index in [1.807, 2.05) is 60.8 Å². The van der Waals surface area contributed by atoms with Gasteiger partial charge in [0.25, 0.3) is 11.1 Å². The largest absolute Gasteiger partial charge is 0.497 e. The number of oxime groups is 1. The highest BCUT2D eigenvalue weighted by molar-refractivity contribution is 7.99. The number of benzene rings is 3. The minimum atomic E-state index is -0.226. The molecule has 1 amide bonds. The van der Waals surface area contributed by atoms with E-state index in [-0.39, 0.29) is 16.9 Å². The maximum absolute atomic E-state index is 12.5. The Balaban J connectivity index is 1.32. The Bertz CT molecular complexity index is 1600. The zero-order valence-corrected chi connectivity index (χ0v) is 21.9. The monoisotopic (exact) mass is 540 g/mol. The van der Waals surface area contributed by atoms with Gasteiger partial charge in [-0.05, 0) is 61.0 Å². The van der Waals surface area contributed by atoms with Crippen LogP contribution < -0.4 is 10.1 Å². The van der Waals surface area contributed by atoms with Crippen LogP contribution in [0, 0.1) is 0 Å². The molecule has 11 heteroatoms. The lowest BCUT2D eigenvalue weighted by molar-refractivity contribution is -0.113. The molecule has 0 bridgehead atoms. The second-order valence-corrected chi connectivity index (χ2v) is 9.30. The number of aromatic nitrogens is 4. The maximum atomic E-state index is 12.5. The summed E-state index contributed by atoms with van der Waals surface area (Å²) < 4.78 is 13.0. The fraction of sp³-hybridized carbons (Fsp3) is 0.107. The summed E-state index contributed by atoms with van der Waals surface area (Å²) in [5.74, 6) is 0.885. The van der Waals surface area contributed by atoms with Crippen molar-refractivity contribution in [3.8, 4) is 34.1 Å². The fourth-order valence-corrected chi connectivity index (χ4v) is 4.32. The number of para-hydroxylation sites is 1. The number of amides is 1. The zero-order valence-electron chi connectivity index (χ0n) is 21.1. The number of ether oxygens (including phenoxy) is 1. The average Bonchev–Trinajstić information content (AvgIpc) is 3.64. The van der Waals surface area contributed by atoms with Crippen LogP contribution in [0.3, 0.4) is 0 Å². The third-order valence-electron chi connectivity index (χ3n) is 5.80. The number of carbonyl (C=O) groups is 1. The molecule has 39 heavy (non-hydrogen) atoms. The summed E-state index contributed by atoms with van der Waals surface area (Å²) in [7, 11) is 1.62. The van der Waals surface area contributed by atoms with Crippen LogP contribution in [-0.4, -0.2) is 49.7 Å². The second kappa shape index (κ2) is 11.7. The molecular weight excluding hydrogens is 516 g/mol. The van der Waals surface area contributed by atoms with E-state index in [9.17, 15) is 4.79 Å². The molecule has 2 N–H and O–H groups in total. The summed E-state index contributed by atoms with van der Waals surface area (Å²) in [6.07, 6.45) is 1.84. The third-order valence-corrected chi connectivity index (χ3v) is 6.62. The Morgan fingerprint density at radius 3 is 2.49 bits per heavy atom. The minimum Gasteiger partial charge on any atom is -0.497 e. The highest BCUT2D eigenvalue weighted by Crippen LogP contribution is 2.33. The summed E-state index contributed by atoms with van der Waals surface area (Å²) in [5, 5.41) is 28.3. The van der Waals surface area contributed by atoms with Crippen molar-refractivity contribution in [3.05, 3.63) is 90.6 Å². The van der Waals surface area contributed by atoms with Crippen LogP contribution in [0.5, 0.6) is 5.75 Å². The van der Waals surface area contributed by atoms with Gasteiger partial charge < -0.3 is 19.7 Å². The summed E-state index contributed by atoms with van der Waals surface area (Å²) >= 11 is 1.14. The molecule has 0 radical (unpaired) electrons. The molecule has 2 aromatic heterocycles. The first-order valence-corrected chi connectivity index (χ1v) is 12.9. The fourth-order valence-electron chi connectivity index (χ4n) is 3.76. The van der Waals surface area contributed by atoms with Gasteiger partial charge in [-0.2, -0.15) is 5.10 Å². The van der Waals surface area contributed by atoms with Gasteiger partial charge >= 0.3 is 0 Å². The van der Waals surface area contributed by atoms with E-state index >= 15 is 0 Å². The standard InChI is InChI=1S/C28H24N6O4S/c1-18(33-36)19-8-12-21(13-9-19)29-25(35)17-39-28-31-30-27(38-28)24-16-34(22-6-4-3-5-7-22)32-26(24)20-10-14-23(37-2)15-11-20/h3-16,36H,17H2,1-2H3,(H,29,35)/b33-18+. The van der Waals surface area contributed by atoms with Crippen LogP contribution in [0.4, 0.5) is 5.69 Å². The van der Waals surface area contributed by atoms with E-state index in [0.717, 1.165) is 34.3 Å². The normalized spacial score (nSPS) is 11.4. The molecule has 2 heterocycles. The van der Waals surface area contributed by atoms with E-state index in [4.69, 9.17) is 19.5 Å². The third kappa shape index (κ3) is 5.99. The molecule has 5 aromatic rings. The van der Waals surface area contributed by atoms with Crippen LogP contribution in [-0.2, 0) is 4.79 Å². The summed E-state index contributed by atoms with van der Waals surface area (Å²) in [6.45, 7) is 1.69. The van der Waals surface area contributed by atoms with Gasteiger partial charge in [-0.25, -0.2) is 4.68 Å². The number of hydrogen-bond acceptors (Lipinski definition) is 9. The van der Waals surface area contributed by atoms with Gasteiger partial charge in [-0.15, -0.1) is 10.2 Å². The lowest BCUT2D eigenvalue weighted by Gasteiger charge is -2.05. The van der Waals surface area contributed by atoms with Crippen LogP contribution in [0.15, 0.2) is 99.9 Å². The molecular formula is C28H24N6O4S. The molecule has 0 fully saturated rings. The molecule has 0 atom stereocenters. The summed E-state index contributed by atoms with van der Waals surface area (Å²) in [6, 6.07) is 24.3. The van der Waals surface area contributed by atoms with Crippen molar-refractivity contribution in [3.63, 3.8) is 0 Å². The molecule has 196 valence electrons. The Labute approximate surface area is 228 Å². The van der Waals surface area contributed by atoms with E-state index < -0.39 is 0 Å². The van der Waals surface area contributed by atoms with Crippen molar-refractivity contribution in [2.45, 2.75) is 12.1 Å². The first-order valence-electron chi connectivity index (χ1n) is 11.9. The van der Waals surface area contributed by atoms with E-state index in [2.05, 4.69) is 20.7 Å². The van der Waals surface area contributed by atoms with E-state index in [1.165, 1.54) is 0 Å². The number of rotatable bonds is 9. The van der Waals surface area contributed by atoms with Crippen LogP contribution in [0.1, 0.15) is 12.5 Å². The van der Waals surface area contributed by atoms with Gasteiger partial charge in [0.1, 0.15) is 11.4 Å². The predicted octanol–water partition coefficient (Wildman–Crippen LogP) is 5.53. The summed E-state index contributed by atoms with van der Waals surface area (Å²) in [4.78, 5) is 12.5. The first kappa shape index (κ1) is 25.7. The number of hydrogen-bond donors (Lipinski definition) is 2. The highest BCUT2D eigenvalue weighted by atomic mass is 32.2. The predicted molar refractivity (Wildman–Crippen MR) is 149 cm³/mol. The lowest BCUT2D eigenvalue weighted by atomic mass is 10.1. The molecule has 5 rings (SSSR count). The highest BCUT2D eigenvalue weighted by Gasteiger charge is 2.20. The number of methoxy groups -OCH3 is 1. The minimum absolute atomic E-state index is 0.0785. The van der Waals surface area contributed by atoms with Gasteiger partial charge in [-0.1, -0.05) is 47.2 Å². The molecule has 10 nitrogen and oxygen atoms in total. The number of carbonyl (C=O) groups excluding carboxylic acids is 1. The number of nitrogens with zero attached hydrogens (tertiary/aromatic N) is 5. The maximum Gasteiger partial charge on any atom is 0.277 e. The SMILES string of the molecule is COc1ccc(-c2nn(-c3ccccc3)cc2-c2nnc(SCC(=O)Nc3ccc(/C(C)=N/O)cc3)o2)cc1. The Kier molecular flexibility index (Phi) is 7.69. The Hall–Kier alpha value is -4.90. The number of nitrogens with one attached hydrogen (secondary N) is 1. The lowest BCUT2D eigenvalue weighted by Crippen LogP contribution is -2.14. The first-order chi connectivity index (χ1) is 19.0. The van der Waals surface area contributed by atoms with Crippen molar-refractivity contribution in [2.75, 3.05) is 18.2 Å². The summed E-state index contributed by atoms with van der Waals surface area (Å²) in [5.41, 5.74) is 4.94. The van der Waals surface area contributed by atoms with Crippen molar-refractivity contribution in [1.82, 2.24) is 20.0 Å². The van der Waals surface area contributed by atoms with E-state index in [1.54, 1.807) is 43.0 Å². The molecule has 0 spiro atoms. The van der Waals surface area contributed by atoms with Gasteiger partial charge in [0.2, 0.25) is 5.91 Å². The Morgan fingerprint density at radius 2 is 1.79 bits per heavy atom. The van der Waals surface area contributed by atoms with Crippen molar-refractivity contribution in [1.29, 1.82) is 0 Å². The van der Waals surface area contributed by atoms with Crippen molar-refractivity contribution < 1.29 is 19.2 Å². The molecule has 0 aliphatic heterocycles. The van der Waals surface area contributed by atoms with Crippen molar-refractivity contribution >= 4 is 29.1 Å². The molecule has 0 saturated heterocycles.